The molecule has 0 aliphatic carbocycles. The fourth-order valence-corrected chi connectivity index (χ4v) is 2.35. The van der Waals surface area contributed by atoms with E-state index in [2.05, 4.69) is 4.98 Å². The van der Waals surface area contributed by atoms with Crippen molar-refractivity contribution < 1.29 is 22.7 Å². The molecule has 0 saturated heterocycles. The minimum absolute atomic E-state index is 0.251. The molecule has 1 aromatic carbocycles. The second kappa shape index (κ2) is 7.12. The number of carbonyl (C=O) groups excluding carboxylic acids is 1. The van der Waals surface area contributed by atoms with E-state index in [4.69, 9.17) is 4.74 Å². The van der Waals surface area contributed by atoms with E-state index < -0.39 is 18.8 Å². The van der Waals surface area contributed by atoms with Crippen LogP contribution in [0.5, 0.6) is 5.75 Å². The Kier molecular flexibility index (Phi) is 5.38. The fraction of sp³-hybridized carbons (Fsp3) is 0.438. The molecule has 0 unspecified atom stereocenters. The topological polar surface area (TPSA) is 48.6 Å². The van der Waals surface area contributed by atoms with E-state index in [1.807, 2.05) is 31.3 Å². The van der Waals surface area contributed by atoms with Crippen molar-refractivity contribution in [3.8, 4) is 5.75 Å². The molecule has 0 bridgehead atoms. The Hall–Kier alpha value is -2.22. The van der Waals surface area contributed by atoms with Crippen molar-refractivity contribution in [2.24, 2.45) is 0 Å². The average Bonchev–Trinajstić information content (AvgIpc) is 2.87. The molecule has 0 saturated carbocycles. The molecule has 1 aromatic heterocycles. The van der Waals surface area contributed by atoms with Crippen LogP contribution >= 0.6 is 0 Å². The van der Waals surface area contributed by atoms with Crippen molar-refractivity contribution >= 4 is 17.0 Å². The summed E-state index contributed by atoms with van der Waals surface area (Å²) in [6.07, 6.45) is -2.96. The zero-order valence-corrected chi connectivity index (χ0v) is 13.8. The van der Waals surface area contributed by atoms with Crippen LogP contribution in [-0.2, 0) is 6.42 Å². The van der Waals surface area contributed by atoms with Crippen molar-refractivity contribution in [2.45, 2.75) is 12.6 Å². The van der Waals surface area contributed by atoms with E-state index in [0.29, 0.717) is 10.3 Å². The number of fused-ring (bicyclic) bond motifs is 1. The maximum Gasteiger partial charge on any atom is 0.415 e. The minimum atomic E-state index is -4.47. The highest BCUT2D eigenvalue weighted by Crippen LogP contribution is 2.30. The Labute approximate surface area is 138 Å². The van der Waals surface area contributed by atoms with Gasteiger partial charge in [0.05, 0.1) is 0 Å². The largest absolute Gasteiger partial charge is 0.415 e. The molecular formula is C16H20F3N3O2. The number of nitrogens with zero attached hydrogens (tertiary/aromatic N) is 2. The Morgan fingerprint density at radius 3 is 2.58 bits per heavy atom. The van der Waals surface area contributed by atoms with Crippen molar-refractivity contribution in [3.05, 3.63) is 30.0 Å². The molecule has 0 aliphatic heterocycles. The van der Waals surface area contributed by atoms with Crippen LogP contribution in [0.1, 0.15) is 5.56 Å². The van der Waals surface area contributed by atoms with Gasteiger partial charge in [-0.1, -0.05) is 6.07 Å². The van der Waals surface area contributed by atoms with Crippen LogP contribution in [0.25, 0.3) is 10.9 Å². The monoisotopic (exact) mass is 343 g/mol. The van der Waals surface area contributed by atoms with Gasteiger partial charge in [-0.2, -0.15) is 13.2 Å². The fourth-order valence-electron chi connectivity index (χ4n) is 2.35. The minimum Gasteiger partial charge on any atom is -0.409 e. The van der Waals surface area contributed by atoms with E-state index in [9.17, 15) is 18.0 Å². The molecule has 0 radical (unpaired) electrons. The summed E-state index contributed by atoms with van der Waals surface area (Å²) in [5.41, 5.74) is 1.72. The van der Waals surface area contributed by atoms with Gasteiger partial charge < -0.3 is 19.5 Å². The van der Waals surface area contributed by atoms with Crippen LogP contribution in [0.2, 0.25) is 0 Å². The zero-order chi connectivity index (χ0) is 17.9. The second-order valence-electron chi connectivity index (χ2n) is 5.89. The molecule has 2 aromatic rings. The average molecular weight is 343 g/mol. The van der Waals surface area contributed by atoms with Crippen LogP contribution in [-0.4, -0.2) is 61.3 Å². The third-order valence-electron chi connectivity index (χ3n) is 3.50. The molecule has 2 rings (SSSR count). The molecule has 1 N–H and O–H groups in total. The summed E-state index contributed by atoms with van der Waals surface area (Å²) in [7, 11) is 4.95. The highest BCUT2D eigenvalue weighted by Gasteiger charge is 2.32. The molecule has 132 valence electrons. The first kappa shape index (κ1) is 18.1. The number of hydrogen-bond donors (Lipinski definition) is 1. The molecule has 0 spiro atoms. The van der Waals surface area contributed by atoms with Crippen molar-refractivity contribution in [2.75, 3.05) is 34.2 Å². The molecule has 0 fully saturated rings. The lowest BCUT2D eigenvalue weighted by molar-refractivity contribution is -0.139. The lowest BCUT2D eigenvalue weighted by Gasteiger charge is -2.19. The first-order valence-electron chi connectivity index (χ1n) is 7.41. The van der Waals surface area contributed by atoms with Gasteiger partial charge in [-0.05, 0) is 38.2 Å². The van der Waals surface area contributed by atoms with Crippen LogP contribution in [0, 0.1) is 0 Å². The third kappa shape index (κ3) is 4.64. The first-order valence-corrected chi connectivity index (χ1v) is 7.41. The molecular weight excluding hydrogens is 323 g/mol. The standard InChI is InChI=1S/C16H20F3N3O2/c1-21(2)8-7-11-9-20-12-5-4-6-13(14(11)12)24-15(23)22(3)10-16(17,18)19/h4-6,9,20H,7-8,10H2,1-3H3. The Morgan fingerprint density at radius 2 is 1.96 bits per heavy atom. The summed E-state index contributed by atoms with van der Waals surface area (Å²) in [4.78, 5) is 17.5. The Bertz CT molecular complexity index is 710. The van der Waals surface area contributed by atoms with E-state index >= 15 is 0 Å². The summed E-state index contributed by atoms with van der Waals surface area (Å²) in [5, 5.41) is 0.716. The summed E-state index contributed by atoms with van der Waals surface area (Å²) < 4.78 is 42.4. The Morgan fingerprint density at radius 1 is 1.25 bits per heavy atom. The van der Waals surface area contributed by atoms with E-state index in [-0.39, 0.29) is 5.75 Å². The number of aromatic nitrogens is 1. The molecule has 0 aliphatic rings. The summed E-state index contributed by atoms with van der Waals surface area (Å²) in [6, 6.07) is 5.08. The van der Waals surface area contributed by atoms with Gasteiger partial charge in [-0.3, -0.25) is 0 Å². The van der Waals surface area contributed by atoms with Crippen LogP contribution in [0.4, 0.5) is 18.0 Å². The number of carbonyl (C=O) groups is 1. The number of alkyl halides is 3. The smallest absolute Gasteiger partial charge is 0.409 e. The number of aromatic amines is 1. The molecule has 8 heteroatoms. The molecule has 5 nitrogen and oxygen atoms in total. The normalized spacial score (nSPS) is 12.0. The maximum atomic E-state index is 12.4. The van der Waals surface area contributed by atoms with Gasteiger partial charge in [0.1, 0.15) is 12.3 Å². The third-order valence-corrected chi connectivity index (χ3v) is 3.50. The number of benzene rings is 1. The van der Waals surface area contributed by atoms with Crippen molar-refractivity contribution in [1.29, 1.82) is 0 Å². The van der Waals surface area contributed by atoms with Gasteiger partial charge in [0.25, 0.3) is 0 Å². The highest BCUT2D eigenvalue weighted by molar-refractivity contribution is 5.91. The van der Waals surface area contributed by atoms with Gasteiger partial charge in [-0.15, -0.1) is 0 Å². The van der Waals surface area contributed by atoms with E-state index in [1.165, 1.54) is 0 Å². The van der Waals surface area contributed by atoms with Gasteiger partial charge >= 0.3 is 12.3 Å². The summed E-state index contributed by atoms with van der Waals surface area (Å²) in [6.45, 7) is -0.564. The number of H-pyrrole nitrogens is 1. The van der Waals surface area contributed by atoms with Crippen LogP contribution in [0.3, 0.4) is 0 Å². The predicted octanol–water partition coefficient (Wildman–Crippen LogP) is 3.26. The number of likely N-dealkylation sites (N-methyl/N-ethyl adjacent to an activating group) is 1. The second-order valence-corrected chi connectivity index (χ2v) is 5.89. The van der Waals surface area contributed by atoms with Gasteiger partial charge in [0.15, 0.2) is 0 Å². The SMILES string of the molecule is CN(C)CCc1c[nH]c2cccc(OC(=O)N(C)CC(F)(F)F)c12. The molecule has 0 atom stereocenters. The lowest BCUT2D eigenvalue weighted by atomic mass is 10.1. The number of amides is 1. The summed E-state index contributed by atoms with van der Waals surface area (Å²) in [5.74, 6) is 0.251. The van der Waals surface area contributed by atoms with Crippen LogP contribution in [0.15, 0.2) is 24.4 Å². The highest BCUT2D eigenvalue weighted by atomic mass is 19.4. The first-order chi connectivity index (χ1) is 11.2. The number of rotatable bonds is 5. The van der Waals surface area contributed by atoms with Gasteiger partial charge in [0.2, 0.25) is 0 Å². The molecule has 1 heterocycles. The molecule has 24 heavy (non-hydrogen) atoms. The quantitative estimate of drug-likeness (QED) is 0.906. The van der Waals surface area contributed by atoms with E-state index in [0.717, 1.165) is 31.1 Å². The van der Waals surface area contributed by atoms with Crippen molar-refractivity contribution in [3.63, 3.8) is 0 Å². The van der Waals surface area contributed by atoms with Gasteiger partial charge in [0, 0.05) is 30.7 Å². The number of hydrogen-bond acceptors (Lipinski definition) is 3. The van der Waals surface area contributed by atoms with Gasteiger partial charge in [-0.25, -0.2) is 4.79 Å². The lowest BCUT2D eigenvalue weighted by Crippen LogP contribution is -2.37. The predicted molar refractivity (Wildman–Crippen MR) is 85.3 cm³/mol. The van der Waals surface area contributed by atoms with Crippen molar-refractivity contribution in [1.82, 2.24) is 14.8 Å². The zero-order valence-electron chi connectivity index (χ0n) is 13.8. The van der Waals surface area contributed by atoms with Crippen LogP contribution < -0.4 is 4.74 Å². The molecule has 1 amide bonds. The van der Waals surface area contributed by atoms with E-state index in [1.54, 1.807) is 12.1 Å². The Balaban J connectivity index is 2.22. The number of halogens is 3. The summed E-state index contributed by atoms with van der Waals surface area (Å²) >= 11 is 0. The number of nitrogens with one attached hydrogen (secondary N) is 1. The number of ether oxygens (including phenoxy) is 1. The maximum absolute atomic E-state index is 12.4.